The smallest absolute Gasteiger partial charge is 0.329 e. The Balaban J connectivity index is 0.766. The van der Waals surface area contributed by atoms with Crippen molar-refractivity contribution in [2.75, 3.05) is 55.6 Å². The van der Waals surface area contributed by atoms with E-state index in [9.17, 15) is 19.2 Å². The van der Waals surface area contributed by atoms with E-state index < -0.39 is 11.9 Å². The highest BCUT2D eigenvalue weighted by Gasteiger charge is 2.43. The lowest BCUT2D eigenvalue weighted by atomic mass is 9.78. The van der Waals surface area contributed by atoms with Crippen LogP contribution < -0.4 is 26.1 Å². The predicted molar refractivity (Wildman–Crippen MR) is 208 cm³/mol. The quantitative estimate of drug-likeness (QED) is 0.223. The summed E-state index contributed by atoms with van der Waals surface area (Å²) in [5.74, 6) is -0.0734. The first kappa shape index (κ1) is 33.8. The molecular weight excluding hydrogens is 697 g/mol. The van der Waals surface area contributed by atoms with E-state index in [1.165, 1.54) is 23.1 Å². The molecule has 5 aromatic rings. The SMILES string of the molecule is Cn1c(=O)n(C2CCC(=O)NC2=O)c2ccc(N3CC(N4CCN(c5ccc(-c6nccc(-c7cc8c([nH]7)C7(CCCC7)CNC8=O)n6)cc5)CC4)C3)cc21. The van der Waals surface area contributed by atoms with E-state index in [4.69, 9.17) is 4.98 Å². The van der Waals surface area contributed by atoms with Gasteiger partial charge in [-0.05, 0) is 73.9 Å². The Bertz CT molecular complexity index is 2410. The number of nitrogens with one attached hydrogen (secondary N) is 3. The van der Waals surface area contributed by atoms with Crippen LogP contribution in [-0.2, 0) is 22.1 Å². The van der Waals surface area contributed by atoms with Gasteiger partial charge in [0.2, 0.25) is 11.8 Å². The lowest BCUT2D eigenvalue weighted by Gasteiger charge is -2.49. The molecule has 3 aromatic heterocycles. The monoisotopic (exact) mass is 740 g/mol. The van der Waals surface area contributed by atoms with Gasteiger partial charge < -0.3 is 20.1 Å². The molecule has 55 heavy (non-hydrogen) atoms. The van der Waals surface area contributed by atoms with Gasteiger partial charge in [-0.2, -0.15) is 0 Å². The predicted octanol–water partition coefficient (Wildman–Crippen LogP) is 3.34. The van der Waals surface area contributed by atoms with Crippen LogP contribution in [0.3, 0.4) is 0 Å². The summed E-state index contributed by atoms with van der Waals surface area (Å²) in [7, 11) is 1.73. The summed E-state index contributed by atoms with van der Waals surface area (Å²) in [5.41, 5.74) is 7.88. The molecule has 14 nitrogen and oxygen atoms in total. The number of aromatic amines is 1. The summed E-state index contributed by atoms with van der Waals surface area (Å²) >= 11 is 0. The number of anilines is 2. The molecule has 4 aliphatic heterocycles. The first-order chi connectivity index (χ1) is 26.7. The van der Waals surface area contributed by atoms with Gasteiger partial charge in [0.15, 0.2) is 5.82 Å². The maximum atomic E-state index is 13.2. The normalized spacial score (nSPS) is 21.5. The summed E-state index contributed by atoms with van der Waals surface area (Å²) in [4.78, 5) is 70.7. The number of piperazine rings is 1. The van der Waals surface area contributed by atoms with Crippen LogP contribution in [-0.4, -0.2) is 98.6 Å². The molecule has 4 fully saturated rings. The average molecular weight is 741 g/mol. The van der Waals surface area contributed by atoms with E-state index in [0.717, 1.165) is 91.5 Å². The van der Waals surface area contributed by atoms with Crippen molar-refractivity contribution in [1.29, 1.82) is 0 Å². The van der Waals surface area contributed by atoms with Gasteiger partial charge in [0.25, 0.3) is 5.91 Å². The van der Waals surface area contributed by atoms with Crippen LogP contribution in [0.15, 0.2) is 65.6 Å². The van der Waals surface area contributed by atoms with Gasteiger partial charge in [-0.15, -0.1) is 0 Å². The van der Waals surface area contributed by atoms with E-state index in [1.807, 2.05) is 30.3 Å². The minimum absolute atomic E-state index is 0.00718. The molecule has 1 aliphatic carbocycles. The molecule has 14 heteroatoms. The molecule has 0 radical (unpaired) electrons. The minimum atomic E-state index is -0.686. The highest BCUT2D eigenvalue weighted by Crippen LogP contribution is 2.44. The number of hydrogen-bond donors (Lipinski definition) is 3. The summed E-state index contributed by atoms with van der Waals surface area (Å²) in [6.45, 7) is 6.37. The summed E-state index contributed by atoms with van der Waals surface area (Å²) in [6.07, 6.45) is 6.88. The van der Waals surface area contributed by atoms with Crippen LogP contribution in [0.25, 0.3) is 33.8 Å². The van der Waals surface area contributed by atoms with Gasteiger partial charge in [-0.25, -0.2) is 14.8 Å². The van der Waals surface area contributed by atoms with E-state index in [-0.39, 0.29) is 29.3 Å². The fourth-order valence-corrected chi connectivity index (χ4v) is 9.59. The maximum absolute atomic E-state index is 13.2. The standard InChI is InChI=1S/C41H44N10O4/c1-47-34-20-27(8-9-32(34)51(40(47)55)33-10-11-35(52)46-39(33)54)50-22-28(23-50)49-18-16-48(17-19-49)26-6-4-25(5-7-26)37-42-15-12-30(45-37)31-21-29-36(44-31)41(13-2-3-14-41)24-43-38(29)53/h4-9,12,15,20-21,28,33,44H,2-3,10-11,13-14,16-19,22-24H2,1H3,(H,43,53)(H,46,52,54). The third-order valence-corrected chi connectivity index (χ3v) is 12.8. The lowest BCUT2D eigenvalue weighted by Crippen LogP contribution is -2.63. The Morgan fingerprint density at radius 2 is 1.60 bits per heavy atom. The summed E-state index contributed by atoms with van der Waals surface area (Å²) in [6, 6.07) is 18.1. The van der Waals surface area contributed by atoms with Crippen molar-refractivity contribution in [3.63, 3.8) is 0 Å². The number of aromatic nitrogens is 5. The van der Waals surface area contributed by atoms with Crippen molar-refractivity contribution in [1.82, 2.24) is 39.6 Å². The number of fused-ring (bicyclic) bond motifs is 3. The topological polar surface area (TPSA) is 153 Å². The number of benzene rings is 2. The van der Waals surface area contributed by atoms with Crippen molar-refractivity contribution in [3.05, 3.63) is 82.5 Å². The van der Waals surface area contributed by atoms with Gasteiger partial charge in [-0.3, -0.25) is 33.7 Å². The van der Waals surface area contributed by atoms with Gasteiger partial charge in [0, 0.05) is 99.6 Å². The Labute approximate surface area is 317 Å². The molecule has 3 saturated heterocycles. The first-order valence-corrected chi connectivity index (χ1v) is 19.5. The fourth-order valence-electron chi connectivity index (χ4n) is 9.59. The van der Waals surface area contributed by atoms with Gasteiger partial charge in [0.1, 0.15) is 6.04 Å². The van der Waals surface area contributed by atoms with E-state index >= 15 is 0 Å². The number of imidazole rings is 1. The Morgan fingerprint density at radius 1 is 0.836 bits per heavy atom. The van der Waals surface area contributed by atoms with Crippen molar-refractivity contribution in [2.24, 2.45) is 7.05 Å². The number of rotatable bonds is 6. The largest absolute Gasteiger partial charge is 0.369 e. The number of carbonyl (C=O) groups is 3. The molecule has 5 aliphatic rings. The third kappa shape index (κ3) is 5.64. The third-order valence-electron chi connectivity index (χ3n) is 12.8. The molecule has 3 N–H and O–H groups in total. The number of carbonyl (C=O) groups excluding carboxylic acids is 3. The maximum Gasteiger partial charge on any atom is 0.329 e. The van der Waals surface area contributed by atoms with Gasteiger partial charge in [-0.1, -0.05) is 12.8 Å². The van der Waals surface area contributed by atoms with Crippen molar-refractivity contribution in [3.8, 4) is 22.8 Å². The number of amides is 3. The van der Waals surface area contributed by atoms with Crippen LogP contribution in [0.1, 0.15) is 60.6 Å². The van der Waals surface area contributed by atoms with Crippen LogP contribution in [0.2, 0.25) is 0 Å². The van der Waals surface area contributed by atoms with Crippen molar-refractivity contribution < 1.29 is 14.4 Å². The molecule has 1 saturated carbocycles. The van der Waals surface area contributed by atoms with Crippen LogP contribution >= 0.6 is 0 Å². The second kappa shape index (κ2) is 12.9. The number of aryl methyl sites for hydroxylation is 1. The molecule has 282 valence electrons. The second-order valence-corrected chi connectivity index (χ2v) is 15.9. The Morgan fingerprint density at radius 3 is 2.36 bits per heavy atom. The number of H-pyrrole nitrogens is 1. The lowest BCUT2D eigenvalue weighted by molar-refractivity contribution is -0.135. The zero-order valence-electron chi connectivity index (χ0n) is 30.9. The molecular formula is C41H44N10O4. The van der Waals surface area contributed by atoms with E-state index in [2.05, 4.69) is 59.6 Å². The molecule has 1 atom stereocenters. The number of nitrogens with zero attached hydrogens (tertiary/aromatic N) is 7. The number of imide groups is 1. The minimum Gasteiger partial charge on any atom is -0.369 e. The molecule has 0 bridgehead atoms. The molecule has 1 spiro atoms. The zero-order valence-corrected chi connectivity index (χ0v) is 30.9. The Kier molecular flexibility index (Phi) is 7.94. The molecule has 10 rings (SSSR count). The highest BCUT2D eigenvalue weighted by molar-refractivity contribution is 6.00. The van der Waals surface area contributed by atoms with Crippen LogP contribution in [0.4, 0.5) is 11.4 Å². The van der Waals surface area contributed by atoms with Crippen molar-refractivity contribution >= 4 is 40.1 Å². The summed E-state index contributed by atoms with van der Waals surface area (Å²) < 4.78 is 3.12. The molecule has 7 heterocycles. The van der Waals surface area contributed by atoms with Crippen LogP contribution in [0, 0.1) is 0 Å². The average Bonchev–Trinajstić information content (AvgIpc) is 3.92. The number of hydrogen-bond acceptors (Lipinski definition) is 9. The fraction of sp³-hybridized carbons (Fsp3) is 0.415. The number of piperidine rings is 1. The van der Waals surface area contributed by atoms with E-state index in [0.29, 0.717) is 30.3 Å². The van der Waals surface area contributed by atoms with E-state index in [1.54, 1.807) is 17.8 Å². The second-order valence-electron chi connectivity index (χ2n) is 15.9. The molecule has 2 aromatic carbocycles. The molecule has 1 unspecified atom stereocenters. The zero-order chi connectivity index (χ0) is 37.4. The summed E-state index contributed by atoms with van der Waals surface area (Å²) in [5, 5.41) is 5.50. The first-order valence-electron chi connectivity index (χ1n) is 19.5. The Hall–Kier alpha value is -5.76. The van der Waals surface area contributed by atoms with Crippen molar-refractivity contribution in [2.45, 2.75) is 56.0 Å². The van der Waals surface area contributed by atoms with Crippen LogP contribution in [0.5, 0.6) is 0 Å². The van der Waals surface area contributed by atoms with Gasteiger partial charge >= 0.3 is 5.69 Å². The van der Waals surface area contributed by atoms with Gasteiger partial charge in [0.05, 0.1) is 28.0 Å². The highest BCUT2D eigenvalue weighted by atomic mass is 16.2. The molecule has 3 amide bonds.